The smallest absolute Gasteiger partial charge is 0.328 e. The van der Waals surface area contributed by atoms with E-state index in [1.165, 1.54) is 43.7 Å². The van der Waals surface area contributed by atoms with Gasteiger partial charge in [-0.25, -0.2) is 9.59 Å². The van der Waals surface area contributed by atoms with Crippen molar-refractivity contribution in [2.75, 3.05) is 33.9 Å². The Bertz CT molecular complexity index is 288. The van der Waals surface area contributed by atoms with Gasteiger partial charge in [0.2, 0.25) is 0 Å². The Kier molecular flexibility index (Phi) is 8.51. The van der Waals surface area contributed by atoms with Gasteiger partial charge in [0.05, 0.1) is 0 Å². The Morgan fingerprint density at radius 2 is 1.53 bits per heavy atom. The predicted octanol–water partition coefficient (Wildman–Crippen LogP) is 2.70. The topological polar surface area (TPSA) is 65.3 Å². The summed E-state index contributed by atoms with van der Waals surface area (Å²) in [6.07, 6.45) is 2.16. The second kappa shape index (κ2) is 9.06. The van der Waals surface area contributed by atoms with Gasteiger partial charge in [-0.3, -0.25) is 0 Å². The summed E-state index contributed by atoms with van der Waals surface area (Å²) in [5, 5.41) is 8.45. The highest BCUT2D eigenvalue weighted by atomic mass is 33.1. The highest BCUT2D eigenvalue weighted by molar-refractivity contribution is 8.78. The third-order valence-electron chi connectivity index (χ3n) is 1.37. The molecule has 17 heavy (non-hydrogen) atoms. The molecule has 1 aliphatic heterocycles. The van der Waals surface area contributed by atoms with E-state index in [0.29, 0.717) is 0 Å². The van der Waals surface area contributed by atoms with Crippen LogP contribution < -0.4 is 0 Å². The van der Waals surface area contributed by atoms with Gasteiger partial charge in [-0.15, -0.1) is 0 Å². The first-order chi connectivity index (χ1) is 7.95. The molecule has 1 rings (SSSR count). The number of hydrogen-bond acceptors (Lipinski definition) is 4. The van der Waals surface area contributed by atoms with E-state index >= 15 is 0 Å². The Hall–Kier alpha value is -1.02. The first kappa shape index (κ1) is 16.0. The standard InChI is InChI=1S/C6H12N4O2.C3H4S2/c1-9(2)5(11)7-8-6(12)10(3)4;1-2-4-5-3-1/h1-4H3;1-2H,3H2. The number of hydrogen-bond donors (Lipinski definition) is 0. The van der Waals surface area contributed by atoms with Crippen molar-refractivity contribution in [3.8, 4) is 0 Å². The van der Waals surface area contributed by atoms with Gasteiger partial charge in [0.25, 0.3) is 0 Å². The molecular formula is C9H16N4O2S2. The zero-order valence-electron chi connectivity index (χ0n) is 10.3. The van der Waals surface area contributed by atoms with Crippen LogP contribution in [0.1, 0.15) is 0 Å². The van der Waals surface area contributed by atoms with Crippen molar-refractivity contribution >= 4 is 33.7 Å². The van der Waals surface area contributed by atoms with Crippen molar-refractivity contribution in [1.29, 1.82) is 0 Å². The third kappa shape index (κ3) is 8.75. The average Bonchev–Trinajstić information content (AvgIpc) is 2.83. The molecule has 4 amide bonds. The van der Waals surface area contributed by atoms with Crippen LogP contribution in [0.5, 0.6) is 0 Å². The quantitative estimate of drug-likeness (QED) is 0.504. The molecule has 6 nitrogen and oxygen atoms in total. The predicted molar refractivity (Wildman–Crippen MR) is 72.2 cm³/mol. The van der Waals surface area contributed by atoms with Crippen molar-refractivity contribution in [2.45, 2.75) is 0 Å². The van der Waals surface area contributed by atoms with Gasteiger partial charge in [0, 0.05) is 33.9 Å². The van der Waals surface area contributed by atoms with Crippen molar-refractivity contribution in [2.24, 2.45) is 10.2 Å². The number of carbonyl (C=O) groups excluding carboxylic acids is 2. The van der Waals surface area contributed by atoms with Crippen LogP contribution in [0.3, 0.4) is 0 Å². The fourth-order valence-corrected chi connectivity index (χ4v) is 2.03. The number of urea groups is 2. The zero-order chi connectivity index (χ0) is 13.3. The summed E-state index contributed by atoms with van der Waals surface area (Å²) >= 11 is 0. The lowest BCUT2D eigenvalue weighted by Crippen LogP contribution is -2.20. The number of amides is 4. The summed E-state index contributed by atoms with van der Waals surface area (Å²) in [5.41, 5.74) is 0. The maximum Gasteiger partial charge on any atom is 0.361 e. The zero-order valence-corrected chi connectivity index (χ0v) is 11.9. The summed E-state index contributed by atoms with van der Waals surface area (Å²) in [7, 11) is 9.81. The molecule has 8 heteroatoms. The van der Waals surface area contributed by atoms with E-state index < -0.39 is 12.1 Å². The first-order valence-electron chi connectivity index (χ1n) is 4.72. The monoisotopic (exact) mass is 276 g/mol. The van der Waals surface area contributed by atoms with Crippen molar-refractivity contribution in [1.82, 2.24) is 9.80 Å². The Balaban J connectivity index is 0.000000419. The molecule has 0 radical (unpaired) electrons. The van der Waals surface area contributed by atoms with Gasteiger partial charge in [-0.1, -0.05) is 37.9 Å². The van der Waals surface area contributed by atoms with Crippen LogP contribution >= 0.6 is 21.6 Å². The fraction of sp³-hybridized carbons (Fsp3) is 0.556. The van der Waals surface area contributed by atoms with E-state index in [0.717, 1.165) is 0 Å². The van der Waals surface area contributed by atoms with Crippen LogP contribution in [0, 0.1) is 0 Å². The Morgan fingerprint density at radius 1 is 1.06 bits per heavy atom. The van der Waals surface area contributed by atoms with E-state index in [1.807, 2.05) is 21.6 Å². The summed E-state index contributed by atoms with van der Waals surface area (Å²) in [6, 6.07) is -1.10. The minimum Gasteiger partial charge on any atom is -0.328 e. The van der Waals surface area contributed by atoms with Crippen LogP contribution in [0.4, 0.5) is 9.59 Å². The molecule has 96 valence electrons. The molecule has 0 saturated carbocycles. The van der Waals surface area contributed by atoms with Gasteiger partial charge in [0.1, 0.15) is 0 Å². The van der Waals surface area contributed by atoms with Gasteiger partial charge < -0.3 is 9.80 Å². The van der Waals surface area contributed by atoms with E-state index in [-0.39, 0.29) is 0 Å². The van der Waals surface area contributed by atoms with Crippen LogP contribution in [-0.4, -0.2) is 55.8 Å². The SMILES string of the molecule is C1=CSSC1.CN(C)C(=O)N=NC(=O)N(C)C. The normalized spacial score (nSPS) is 13.2. The number of azo groups is 1. The Labute approximate surface area is 109 Å². The van der Waals surface area contributed by atoms with Crippen molar-refractivity contribution in [3.63, 3.8) is 0 Å². The number of nitrogens with zero attached hydrogens (tertiary/aromatic N) is 4. The Morgan fingerprint density at radius 3 is 1.71 bits per heavy atom. The third-order valence-corrected chi connectivity index (χ3v) is 3.29. The molecule has 0 N–H and O–H groups in total. The number of rotatable bonds is 0. The minimum absolute atomic E-state index is 0.551. The maximum absolute atomic E-state index is 10.8. The lowest BCUT2D eigenvalue weighted by molar-refractivity contribution is 0.218. The first-order valence-corrected chi connectivity index (χ1v) is 7.11. The molecule has 0 bridgehead atoms. The molecular weight excluding hydrogens is 260 g/mol. The molecule has 0 aromatic heterocycles. The summed E-state index contributed by atoms with van der Waals surface area (Å²) in [4.78, 5) is 24.0. The second-order valence-electron chi connectivity index (χ2n) is 3.31. The van der Waals surface area contributed by atoms with Gasteiger partial charge >= 0.3 is 12.1 Å². The van der Waals surface area contributed by atoms with Gasteiger partial charge in [-0.2, -0.15) is 0 Å². The van der Waals surface area contributed by atoms with E-state index in [2.05, 4.69) is 21.7 Å². The van der Waals surface area contributed by atoms with Crippen LogP contribution in [0.2, 0.25) is 0 Å². The summed E-state index contributed by atoms with van der Waals surface area (Å²) in [5.74, 6) is 1.20. The largest absolute Gasteiger partial charge is 0.361 e. The van der Waals surface area contributed by atoms with Crippen LogP contribution in [0.15, 0.2) is 21.7 Å². The molecule has 0 unspecified atom stereocenters. The molecule has 0 aromatic rings. The lowest BCUT2D eigenvalue weighted by atomic mass is 10.8. The molecule has 1 heterocycles. The highest BCUT2D eigenvalue weighted by Gasteiger charge is 2.03. The van der Waals surface area contributed by atoms with Gasteiger partial charge in [-0.05, 0) is 5.41 Å². The molecule has 0 aromatic carbocycles. The number of carbonyl (C=O) groups is 2. The minimum atomic E-state index is -0.551. The maximum atomic E-state index is 10.8. The lowest BCUT2D eigenvalue weighted by Gasteiger charge is -2.05. The van der Waals surface area contributed by atoms with E-state index in [4.69, 9.17) is 0 Å². The molecule has 0 spiro atoms. The van der Waals surface area contributed by atoms with Crippen molar-refractivity contribution in [3.05, 3.63) is 11.5 Å². The average molecular weight is 276 g/mol. The summed E-state index contributed by atoms with van der Waals surface area (Å²) < 4.78 is 0. The molecule has 1 aliphatic rings. The molecule has 0 saturated heterocycles. The molecule has 0 aliphatic carbocycles. The fourth-order valence-electron chi connectivity index (χ4n) is 0.461. The van der Waals surface area contributed by atoms with Crippen LogP contribution in [-0.2, 0) is 0 Å². The van der Waals surface area contributed by atoms with Crippen molar-refractivity contribution < 1.29 is 9.59 Å². The van der Waals surface area contributed by atoms with Gasteiger partial charge in [0.15, 0.2) is 0 Å². The van der Waals surface area contributed by atoms with Crippen LogP contribution in [0.25, 0.3) is 0 Å². The van der Waals surface area contributed by atoms with E-state index in [1.54, 1.807) is 0 Å². The molecule has 0 atom stereocenters. The summed E-state index contributed by atoms with van der Waals surface area (Å²) in [6.45, 7) is 0. The molecule has 0 fully saturated rings. The second-order valence-corrected chi connectivity index (χ2v) is 5.62. The van der Waals surface area contributed by atoms with E-state index in [9.17, 15) is 9.59 Å². The highest BCUT2D eigenvalue weighted by Crippen LogP contribution is 2.27.